The van der Waals surface area contributed by atoms with Crippen molar-refractivity contribution < 1.29 is 4.52 Å². The van der Waals surface area contributed by atoms with E-state index >= 15 is 0 Å². The molecule has 1 atom stereocenters. The van der Waals surface area contributed by atoms with E-state index in [9.17, 15) is 0 Å². The van der Waals surface area contributed by atoms with Crippen LogP contribution in [0.1, 0.15) is 35.0 Å². The predicted molar refractivity (Wildman–Crippen MR) is 68.2 cm³/mol. The van der Waals surface area contributed by atoms with E-state index in [2.05, 4.69) is 40.6 Å². The van der Waals surface area contributed by atoms with Crippen molar-refractivity contribution in [2.24, 2.45) is 0 Å². The Morgan fingerprint density at radius 3 is 3.22 bits per heavy atom. The number of hydrogen-bond acceptors (Lipinski definition) is 4. The SMILES string of the molecule is Cc1ccc2c(c1)C(NCCc1ncno1)CC2. The zero-order valence-electron chi connectivity index (χ0n) is 10.5. The van der Waals surface area contributed by atoms with Gasteiger partial charge in [0.05, 0.1) is 0 Å². The second kappa shape index (κ2) is 4.90. The van der Waals surface area contributed by atoms with Crippen LogP contribution in [-0.2, 0) is 12.8 Å². The lowest BCUT2D eigenvalue weighted by molar-refractivity contribution is 0.371. The fourth-order valence-electron chi connectivity index (χ4n) is 2.59. The van der Waals surface area contributed by atoms with Gasteiger partial charge in [0.1, 0.15) is 0 Å². The van der Waals surface area contributed by atoms with Gasteiger partial charge >= 0.3 is 0 Å². The van der Waals surface area contributed by atoms with E-state index in [0.717, 1.165) is 13.0 Å². The molecule has 18 heavy (non-hydrogen) atoms. The first-order valence-electron chi connectivity index (χ1n) is 6.41. The predicted octanol–water partition coefficient (Wildman–Crippen LogP) is 2.20. The number of benzene rings is 1. The van der Waals surface area contributed by atoms with Crippen LogP contribution in [0.2, 0.25) is 0 Å². The van der Waals surface area contributed by atoms with Crippen LogP contribution in [-0.4, -0.2) is 16.7 Å². The molecule has 0 spiro atoms. The van der Waals surface area contributed by atoms with E-state index < -0.39 is 0 Å². The Morgan fingerprint density at radius 1 is 1.44 bits per heavy atom. The lowest BCUT2D eigenvalue weighted by Crippen LogP contribution is -2.22. The van der Waals surface area contributed by atoms with E-state index in [1.54, 1.807) is 0 Å². The number of aromatic nitrogens is 2. The molecule has 1 unspecified atom stereocenters. The summed E-state index contributed by atoms with van der Waals surface area (Å²) in [5.41, 5.74) is 4.27. The topological polar surface area (TPSA) is 51.0 Å². The molecule has 0 radical (unpaired) electrons. The van der Waals surface area contributed by atoms with E-state index in [1.807, 2.05) is 0 Å². The molecular weight excluding hydrogens is 226 g/mol. The molecule has 0 fully saturated rings. The molecule has 94 valence electrons. The molecule has 4 heteroatoms. The zero-order valence-corrected chi connectivity index (χ0v) is 10.5. The molecule has 0 aliphatic heterocycles. The Hall–Kier alpha value is -1.68. The molecule has 4 nitrogen and oxygen atoms in total. The minimum Gasteiger partial charge on any atom is -0.340 e. The maximum atomic E-state index is 4.99. The zero-order chi connectivity index (χ0) is 12.4. The minimum absolute atomic E-state index is 0.475. The van der Waals surface area contributed by atoms with E-state index in [-0.39, 0.29) is 0 Å². The molecule has 1 aromatic carbocycles. The lowest BCUT2D eigenvalue weighted by Gasteiger charge is -2.13. The van der Waals surface area contributed by atoms with Crippen LogP contribution >= 0.6 is 0 Å². The first-order chi connectivity index (χ1) is 8.83. The Labute approximate surface area is 106 Å². The van der Waals surface area contributed by atoms with E-state index in [4.69, 9.17) is 4.52 Å². The number of aryl methyl sites for hydroxylation is 2. The highest BCUT2D eigenvalue weighted by Gasteiger charge is 2.21. The smallest absolute Gasteiger partial charge is 0.227 e. The Balaban J connectivity index is 1.61. The maximum absolute atomic E-state index is 4.99. The van der Waals surface area contributed by atoms with Gasteiger partial charge in [-0.05, 0) is 30.9 Å². The third-order valence-electron chi connectivity index (χ3n) is 3.52. The van der Waals surface area contributed by atoms with Gasteiger partial charge in [0, 0.05) is 19.0 Å². The summed E-state index contributed by atoms with van der Waals surface area (Å²) >= 11 is 0. The number of nitrogens with one attached hydrogen (secondary N) is 1. The van der Waals surface area contributed by atoms with E-state index in [0.29, 0.717) is 11.9 Å². The highest BCUT2D eigenvalue weighted by Crippen LogP contribution is 2.31. The molecule has 1 N–H and O–H groups in total. The molecule has 0 saturated heterocycles. The molecule has 2 aromatic rings. The number of nitrogens with zero attached hydrogens (tertiary/aromatic N) is 2. The van der Waals surface area contributed by atoms with Crippen LogP contribution in [0.3, 0.4) is 0 Å². The van der Waals surface area contributed by atoms with Gasteiger partial charge in [-0.1, -0.05) is 28.9 Å². The van der Waals surface area contributed by atoms with Crippen LogP contribution < -0.4 is 5.32 Å². The summed E-state index contributed by atoms with van der Waals surface area (Å²) in [6.07, 6.45) is 4.59. The van der Waals surface area contributed by atoms with Gasteiger partial charge in [-0.2, -0.15) is 4.98 Å². The third-order valence-corrected chi connectivity index (χ3v) is 3.52. The van der Waals surface area contributed by atoms with Crippen LogP contribution in [0.5, 0.6) is 0 Å². The number of fused-ring (bicyclic) bond motifs is 1. The largest absolute Gasteiger partial charge is 0.340 e. The molecule has 1 heterocycles. The summed E-state index contributed by atoms with van der Waals surface area (Å²) in [6.45, 7) is 3.02. The van der Waals surface area contributed by atoms with Crippen molar-refractivity contribution in [2.75, 3.05) is 6.54 Å². The first-order valence-corrected chi connectivity index (χ1v) is 6.41. The molecule has 1 aliphatic rings. The molecule has 3 rings (SSSR count). The van der Waals surface area contributed by atoms with Gasteiger partial charge in [-0.25, -0.2) is 0 Å². The molecular formula is C14H17N3O. The monoisotopic (exact) mass is 243 g/mol. The Morgan fingerprint density at radius 2 is 2.39 bits per heavy atom. The van der Waals surface area contributed by atoms with Gasteiger partial charge in [0.25, 0.3) is 0 Å². The summed E-state index contributed by atoms with van der Waals surface area (Å²) in [6, 6.07) is 7.22. The molecule has 0 amide bonds. The van der Waals surface area contributed by atoms with Gasteiger partial charge < -0.3 is 9.84 Å². The van der Waals surface area contributed by atoms with Crippen molar-refractivity contribution in [3.05, 3.63) is 47.1 Å². The van der Waals surface area contributed by atoms with Crippen molar-refractivity contribution in [3.8, 4) is 0 Å². The van der Waals surface area contributed by atoms with Crippen molar-refractivity contribution in [3.63, 3.8) is 0 Å². The van der Waals surface area contributed by atoms with E-state index in [1.165, 1.54) is 35.9 Å². The Kier molecular flexibility index (Phi) is 3.11. The minimum atomic E-state index is 0.475. The average Bonchev–Trinajstić information content (AvgIpc) is 2.99. The number of hydrogen-bond donors (Lipinski definition) is 1. The highest BCUT2D eigenvalue weighted by atomic mass is 16.5. The second-order valence-corrected chi connectivity index (χ2v) is 4.83. The van der Waals surface area contributed by atoms with Gasteiger partial charge in [-0.15, -0.1) is 0 Å². The number of rotatable bonds is 4. The van der Waals surface area contributed by atoms with Crippen molar-refractivity contribution in [1.29, 1.82) is 0 Å². The molecule has 0 saturated carbocycles. The molecule has 1 aromatic heterocycles. The van der Waals surface area contributed by atoms with Crippen LogP contribution in [0.15, 0.2) is 29.0 Å². The standard InChI is InChI=1S/C14H17N3O/c1-10-2-3-11-4-5-13(12(11)8-10)15-7-6-14-16-9-17-18-14/h2-3,8-9,13,15H,4-7H2,1H3. The average molecular weight is 243 g/mol. The quantitative estimate of drug-likeness (QED) is 0.894. The summed E-state index contributed by atoms with van der Waals surface area (Å²) in [7, 11) is 0. The van der Waals surface area contributed by atoms with Crippen molar-refractivity contribution >= 4 is 0 Å². The summed E-state index contributed by atoms with van der Waals surface area (Å²) in [5, 5.41) is 7.18. The fraction of sp³-hybridized carbons (Fsp3) is 0.429. The summed E-state index contributed by atoms with van der Waals surface area (Å²) in [4.78, 5) is 4.02. The van der Waals surface area contributed by atoms with Crippen LogP contribution in [0.25, 0.3) is 0 Å². The van der Waals surface area contributed by atoms with Gasteiger partial charge in [0.2, 0.25) is 5.89 Å². The first kappa shape index (κ1) is 11.4. The summed E-state index contributed by atoms with van der Waals surface area (Å²) in [5.74, 6) is 0.699. The Bertz CT molecular complexity index is 522. The highest BCUT2D eigenvalue weighted by molar-refractivity contribution is 5.37. The van der Waals surface area contributed by atoms with Gasteiger partial charge in [0.15, 0.2) is 6.33 Å². The second-order valence-electron chi connectivity index (χ2n) is 4.83. The van der Waals surface area contributed by atoms with Crippen molar-refractivity contribution in [2.45, 2.75) is 32.2 Å². The molecule has 1 aliphatic carbocycles. The van der Waals surface area contributed by atoms with Crippen molar-refractivity contribution in [1.82, 2.24) is 15.5 Å². The normalized spacial score (nSPS) is 17.9. The fourth-order valence-corrected chi connectivity index (χ4v) is 2.59. The molecule has 0 bridgehead atoms. The van der Waals surface area contributed by atoms with Crippen LogP contribution in [0.4, 0.5) is 0 Å². The summed E-state index contributed by atoms with van der Waals surface area (Å²) < 4.78 is 4.99. The third kappa shape index (κ3) is 2.29. The van der Waals surface area contributed by atoms with Crippen LogP contribution in [0, 0.1) is 6.92 Å². The van der Waals surface area contributed by atoms with Gasteiger partial charge in [-0.3, -0.25) is 0 Å². The maximum Gasteiger partial charge on any atom is 0.227 e. The lowest BCUT2D eigenvalue weighted by atomic mass is 10.1.